The van der Waals surface area contributed by atoms with Crippen molar-refractivity contribution in [1.29, 1.82) is 0 Å². The summed E-state index contributed by atoms with van der Waals surface area (Å²) in [5.74, 6) is 0.702. The fraction of sp³-hybridized carbons (Fsp3) is 0.444. The van der Waals surface area contributed by atoms with Crippen LogP contribution < -0.4 is 16.0 Å². The van der Waals surface area contributed by atoms with Gasteiger partial charge in [0.05, 0.1) is 18.1 Å². The molecule has 5 nitrogen and oxygen atoms in total. The Balaban J connectivity index is 0.957. The normalized spacial score (nSPS) is 26.8. The van der Waals surface area contributed by atoms with Crippen LogP contribution in [0.25, 0.3) is 0 Å². The zero-order chi connectivity index (χ0) is 27.8. The van der Waals surface area contributed by atoms with Crippen LogP contribution in [0, 0.1) is 5.92 Å². The molecule has 1 heterocycles. The average Bonchev–Trinajstić information content (AvgIpc) is 3.52. The first-order valence-corrected chi connectivity index (χ1v) is 15.7. The summed E-state index contributed by atoms with van der Waals surface area (Å²) in [6.07, 6.45) is 9.97. The molecule has 2 amide bonds. The van der Waals surface area contributed by atoms with E-state index in [1.54, 1.807) is 0 Å². The van der Waals surface area contributed by atoms with E-state index in [0.29, 0.717) is 5.92 Å². The number of amides is 2. The molecule has 4 aliphatic rings. The van der Waals surface area contributed by atoms with Gasteiger partial charge in [0.15, 0.2) is 0 Å². The first-order chi connectivity index (χ1) is 20.1. The topological polar surface area (TPSA) is 70.2 Å². The maximum atomic E-state index is 13.3. The zero-order valence-corrected chi connectivity index (χ0v) is 23.8. The lowest BCUT2D eigenvalue weighted by Crippen LogP contribution is -2.42. The minimum absolute atomic E-state index is 0.0357. The number of fused-ring (bicyclic) bond motifs is 3. The SMILES string of the molecule is O=C(NC1CCCc2ccccc21)[C@H]1CCc2cc(C3CN[C@H](C(=O)NC4CCCc5ccccc54)C3)ccc2C1. The fourth-order valence-corrected chi connectivity index (χ4v) is 7.81. The van der Waals surface area contributed by atoms with Crippen LogP contribution in [-0.2, 0) is 35.3 Å². The van der Waals surface area contributed by atoms with Crippen molar-refractivity contribution < 1.29 is 9.59 Å². The highest BCUT2D eigenvalue weighted by molar-refractivity contribution is 5.83. The molecule has 5 atom stereocenters. The van der Waals surface area contributed by atoms with Crippen molar-refractivity contribution in [3.05, 3.63) is 106 Å². The van der Waals surface area contributed by atoms with Gasteiger partial charge in [-0.05, 0) is 109 Å². The van der Waals surface area contributed by atoms with Crippen LogP contribution in [0.3, 0.4) is 0 Å². The molecule has 1 aliphatic heterocycles. The Labute approximate surface area is 243 Å². The minimum atomic E-state index is -0.150. The predicted octanol–water partition coefficient (Wildman–Crippen LogP) is 5.62. The van der Waals surface area contributed by atoms with Crippen LogP contribution in [0.2, 0.25) is 0 Å². The van der Waals surface area contributed by atoms with Gasteiger partial charge in [-0.25, -0.2) is 0 Å². The number of aryl methyl sites for hydroxylation is 3. The lowest BCUT2D eigenvalue weighted by Gasteiger charge is -2.30. The highest BCUT2D eigenvalue weighted by Crippen LogP contribution is 2.35. The van der Waals surface area contributed by atoms with Gasteiger partial charge < -0.3 is 16.0 Å². The van der Waals surface area contributed by atoms with Gasteiger partial charge in [0, 0.05) is 12.5 Å². The molecule has 3 aromatic carbocycles. The van der Waals surface area contributed by atoms with E-state index in [4.69, 9.17) is 0 Å². The van der Waals surface area contributed by atoms with E-state index >= 15 is 0 Å². The summed E-state index contributed by atoms with van der Waals surface area (Å²) in [5.41, 5.74) is 9.33. The minimum Gasteiger partial charge on any atom is -0.349 e. The molecule has 0 bridgehead atoms. The highest BCUT2D eigenvalue weighted by atomic mass is 16.2. The Morgan fingerprint density at radius 3 is 2.05 bits per heavy atom. The maximum Gasteiger partial charge on any atom is 0.237 e. The Morgan fingerprint density at radius 1 is 0.683 bits per heavy atom. The van der Waals surface area contributed by atoms with Gasteiger partial charge in [0.2, 0.25) is 11.8 Å². The van der Waals surface area contributed by atoms with Crippen molar-refractivity contribution in [2.75, 3.05) is 6.54 Å². The number of rotatable bonds is 5. The summed E-state index contributed by atoms with van der Waals surface area (Å²) in [5, 5.41) is 10.2. The summed E-state index contributed by atoms with van der Waals surface area (Å²) in [6, 6.07) is 24.0. The number of carbonyl (C=O) groups is 2. The molecule has 3 aromatic rings. The second kappa shape index (κ2) is 11.4. The van der Waals surface area contributed by atoms with Crippen molar-refractivity contribution in [1.82, 2.24) is 16.0 Å². The molecule has 212 valence electrons. The molecular weight excluding hydrogens is 506 g/mol. The molecule has 7 rings (SSSR count). The van der Waals surface area contributed by atoms with Crippen LogP contribution in [-0.4, -0.2) is 24.4 Å². The molecule has 0 spiro atoms. The van der Waals surface area contributed by atoms with E-state index in [0.717, 1.165) is 70.8 Å². The summed E-state index contributed by atoms with van der Waals surface area (Å²) >= 11 is 0. The second-order valence-corrected chi connectivity index (χ2v) is 12.7. The predicted molar refractivity (Wildman–Crippen MR) is 162 cm³/mol. The Hall–Kier alpha value is -3.44. The molecule has 41 heavy (non-hydrogen) atoms. The monoisotopic (exact) mass is 547 g/mol. The molecule has 5 heteroatoms. The van der Waals surface area contributed by atoms with E-state index < -0.39 is 0 Å². The zero-order valence-electron chi connectivity index (χ0n) is 23.8. The van der Waals surface area contributed by atoms with E-state index in [1.807, 2.05) is 0 Å². The Bertz CT molecular complexity index is 1450. The van der Waals surface area contributed by atoms with Gasteiger partial charge in [-0.3, -0.25) is 9.59 Å². The highest BCUT2D eigenvalue weighted by Gasteiger charge is 2.34. The molecule has 3 aliphatic carbocycles. The van der Waals surface area contributed by atoms with Crippen LogP contribution in [0.4, 0.5) is 0 Å². The van der Waals surface area contributed by atoms with Gasteiger partial charge in [-0.2, -0.15) is 0 Å². The lowest BCUT2D eigenvalue weighted by molar-refractivity contribution is -0.126. The second-order valence-electron chi connectivity index (χ2n) is 12.7. The summed E-state index contributed by atoms with van der Waals surface area (Å²) < 4.78 is 0. The molecule has 3 N–H and O–H groups in total. The first kappa shape index (κ1) is 26.5. The third-order valence-corrected chi connectivity index (χ3v) is 10.1. The van der Waals surface area contributed by atoms with Gasteiger partial charge in [0.25, 0.3) is 0 Å². The van der Waals surface area contributed by atoms with Crippen LogP contribution in [0.5, 0.6) is 0 Å². The fourth-order valence-electron chi connectivity index (χ4n) is 7.81. The quantitative estimate of drug-likeness (QED) is 0.388. The summed E-state index contributed by atoms with van der Waals surface area (Å²) in [4.78, 5) is 26.5. The van der Waals surface area contributed by atoms with Gasteiger partial charge in [-0.1, -0.05) is 66.7 Å². The maximum absolute atomic E-state index is 13.3. The van der Waals surface area contributed by atoms with Crippen LogP contribution >= 0.6 is 0 Å². The standard InChI is InChI=1S/C36H41N3O2/c40-35(38-32-13-5-9-23-7-1-3-11-30(23)32)28-18-17-25-19-27(16-15-26(25)20-28)29-21-34(37-22-29)36(41)39-33-14-6-10-24-8-2-4-12-31(24)33/h1-4,7-8,11-12,15-16,19,28-29,32-34,37H,5-6,9-10,13-14,17-18,20-22H2,(H,38,40)(H,39,41)/t28-,29?,32?,33?,34-/m0/s1. The largest absolute Gasteiger partial charge is 0.349 e. The van der Waals surface area contributed by atoms with Crippen molar-refractivity contribution in [3.63, 3.8) is 0 Å². The van der Waals surface area contributed by atoms with E-state index in [-0.39, 0.29) is 35.9 Å². The van der Waals surface area contributed by atoms with Crippen LogP contribution in [0.15, 0.2) is 66.7 Å². The van der Waals surface area contributed by atoms with E-state index in [2.05, 4.69) is 82.7 Å². The number of benzene rings is 3. The van der Waals surface area contributed by atoms with Crippen molar-refractivity contribution in [2.24, 2.45) is 5.92 Å². The molecule has 0 aromatic heterocycles. The first-order valence-electron chi connectivity index (χ1n) is 15.7. The molecule has 0 radical (unpaired) electrons. The summed E-state index contributed by atoms with van der Waals surface area (Å²) in [7, 11) is 0. The lowest BCUT2D eigenvalue weighted by atomic mass is 9.80. The Kier molecular flexibility index (Phi) is 7.38. The number of hydrogen-bond donors (Lipinski definition) is 3. The average molecular weight is 548 g/mol. The number of hydrogen-bond acceptors (Lipinski definition) is 3. The third kappa shape index (κ3) is 5.44. The van der Waals surface area contributed by atoms with E-state index in [9.17, 15) is 9.59 Å². The van der Waals surface area contributed by atoms with Crippen molar-refractivity contribution in [2.45, 2.75) is 88.3 Å². The number of carbonyl (C=O) groups excluding carboxylic acids is 2. The van der Waals surface area contributed by atoms with Crippen molar-refractivity contribution >= 4 is 11.8 Å². The van der Waals surface area contributed by atoms with Gasteiger partial charge in [0.1, 0.15) is 0 Å². The Morgan fingerprint density at radius 2 is 1.34 bits per heavy atom. The van der Waals surface area contributed by atoms with Crippen molar-refractivity contribution in [3.8, 4) is 0 Å². The van der Waals surface area contributed by atoms with E-state index in [1.165, 1.54) is 38.9 Å². The van der Waals surface area contributed by atoms with Gasteiger partial charge >= 0.3 is 0 Å². The molecule has 1 saturated heterocycles. The third-order valence-electron chi connectivity index (χ3n) is 10.1. The summed E-state index contributed by atoms with van der Waals surface area (Å²) in [6.45, 7) is 0.825. The number of nitrogens with one attached hydrogen (secondary N) is 3. The molecule has 3 unspecified atom stereocenters. The van der Waals surface area contributed by atoms with Gasteiger partial charge in [-0.15, -0.1) is 0 Å². The van der Waals surface area contributed by atoms with Crippen LogP contribution in [0.1, 0.15) is 95.5 Å². The molecular formula is C36H41N3O2. The molecule has 0 saturated carbocycles. The smallest absolute Gasteiger partial charge is 0.237 e. The molecule has 1 fully saturated rings.